The topological polar surface area (TPSA) is 90.9 Å². The molecule has 1 atom stereocenters. The van der Waals surface area contributed by atoms with Gasteiger partial charge in [0.25, 0.3) is 0 Å². The fraction of sp³-hybridized carbons (Fsp3) is 0.240. The lowest BCUT2D eigenvalue weighted by molar-refractivity contribution is -0.109. The van der Waals surface area contributed by atoms with Crippen molar-refractivity contribution in [2.45, 2.75) is 24.3 Å². The summed E-state index contributed by atoms with van der Waals surface area (Å²) in [4.78, 5) is 11.8. The van der Waals surface area contributed by atoms with Gasteiger partial charge in [-0.25, -0.2) is 0 Å². The Bertz CT molecular complexity index is 1170. The summed E-state index contributed by atoms with van der Waals surface area (Å²) >= 11 is 0. The number of carbonyl (C=O) groups is 1. The van der Waals surface area contributed by atoms with Gasteiger partial charge >= 0.3 is 10.1 Å². The van der Waals surface area contributed by atoms with Crippen molar-refractivity contribution >= 4 is 16.4 Å². The van der Waals surface area contributed by atoms with Crippen molar-refractivity contribution in [3.8, 4) is 17.2 Å². The van der Waals surface area contributed by atoms with Gasteiger partial charge in [-0.3, -0.25) is 0 Å². The third-order valence-corrected chi connectivity index (χ3v) is 6.42. The fourth-order valence-corrected chi connectivity index (χ4v) is 4.19. The van der Waals surface area contributed by atoms with Crippen molar-refractivity contribution in [1.82, 2.24) is 5.32 Å². The Balaban J connectivity index is 1.62. The SMILES string of the molecule is COc1ccc(CNCC(C=O)c2ccc(OS(=O)(=O)c3ccc(C)cc3)cc2)c(OC)c1. The van der Waals surface area contributed by atoms with E-state index in [0.717, 1.165) is 23.0 Å². The minimum Gasteiger partial charge on any atom is -0.497 e. The van der Waals surface area contributed by atoms with Crippen LogP contribution >= 0.6 is 0 Å². The Hall–Kier alpha value is -3.36. The van der Waals surface area contributed by atoms with Crippen molar-refractivity contribution < 1.29 is 26.9 Å². The lowest BCUT2D eigenvalue weighted by Crippen LogP contribution is -2.22. The van der Waals surface area contributed by atoms with Gasteiger partial charge in [-0.1, -0.05) is 35.9 Å². The number of hydrogen-bond donors (Lipinski definition) is 1. The standard InChI is InChI=1S/C25H27NO6S/c1-18-4-12-24(13-5-18)33(28,29)32-22-9-6-19(7-10-22)21(17-27)16-26-15-20-8-11-23(30-2)14-25(20)31-3/h4-14,17,21,26H,15-16H2,1-3H3. The molecule has 3 aromatic carbocycles. The van der Waals surface area contributed by atoms with Crippen LogP contribution in [0, 0.1) is 6.92 Å². The quantitative estimate of drug-likeness (QED) is 0.337. The first-order valence-corrected chi connectivity index (χ1v) is 11.7. The van der Waals surface area contributed by atoms with E-state index >= 15 is 0 Å². The highest BCUT2D eigenvalue weighted by Gasteiger charge is 2.17. The van der Waals surface area contributed by atoms with Crippen LogP contribution < -0.4 is 19.0 Å². The second-order valence-electron chi connectivity index (χ2n) is 7.47. The lowest BCUT2D eigenvalue weighted by atomic mass is 10.0. The molecule has 7 nitrogen and oxygen atoms in total. The second kappa shape index (κ2) is 11.0. The van der Waals surface area contributed by atoms with Crippen LogP contribution in [0.5, 0.6) is 17.2 Å². The molecule has 1 unspecified atom stereocenters. The minimum atomic E-state index is -3.93. The van der Waals surface area contributed by atoms with Gasteiger partial charge in [-0.15, -0.1) is 0 Å². The first kappa shape index (κ1) is 24.3. The van der Waals surface area contributed by atoms with Crippen LogP contribution in [0.3, 0.4) is 0 Å². The molecule has 0 amide bonds. The van der Waals surface area contributed by atoms with Gasteiger partial charge in [0.2, 0.25) is 0 Å². The van der Waals surface area contributed by atoms with Crippen LogP contribution in [0.1, 0.15) is 22.6 Å². The molecule has 0 heterocycles. The molecule has 0 spiro atoms. The highest BCUT2D eigenvalue weighted by Crippen LogP contribution is 2.25. The van der Waals surface area contributed by atoms with Crippen molar-refractivity contribution in [3.63, 3.8) is 0 Å². The largest absolute Gasteiger partial charge is 0.497 e. The van der Waals surface area contributed by atoms with E-state index in [-0.39, 0.29) is 10.6 Å². The van der Waals surface area contributed by atoms with Gasteiger partial charge in [-0.2, -0.15) is 8.42 Å². The Morgan fingerprint density at radius 2 is 1.58 bits per heavy atom. The number of hydrogen-bond acceptors (Lipinski definition) is 7. The predicted octanol–water partition coefficient (Wildman–Crippen LogP) is 3.85. The first-order chi connectivity index (χ1) is 15.9. The van der Waals surface area contributed by atoms with Gasteiger partial charge in [0, 0.05) is 24.7 Å². The molecule has 0 aliphatic carbocycles. The molecule has 174 valence electrons. The molecule has 0 fully saturated rings. The van der Waals surface area contributed by atoms with Crippen LogP contribution in [-0.4, -0.2) is 35.5 Å². The van der Waals surface area contributed by atoms with E-state index < -0.39 is 16.0 Å². The van der Waals surface area contributed by atoms with Gasteiger partial charge in [0.15, 0.2) is 0 Å². The van der Waals surface area contributed by atoms with E-state index in [1.54, 1.807) is 56.7 Å². The number of rotatable bonds is 11. The second-order valence-corrected chi connectivity index (χ2v) is 9.02. The van der Waals surface area contributed by atoms with Crippen LogP contribution in [-0.2, 0) is 21.5 Å². The maximum Gasteiger partial charge on any atom is 0.339 e. The zero-order valence-electron chi connectivity index (χ0n) is 18.8. The van der Waals surface area contributed by atoms with E-state index in [1.807, 2.05) is 19.1 Å². The van der Waals surface area contributed by atoms with Gasteiger partial charge in [-0.05, 0) is 42.8 Å². The molecule has 3 rings (SSSR count). The van der Waals surface area contributed by atoms with Crippen molar-refractivity contribution in [2.75, 3.05) is 20.8 Å². The molecule has 0 aromatic heterocycles. The van der Waals surface area contributed by atoms with Crippen molar-refractivity contribution in [3.05, 3.63) is 83.4 Å². The number of benzene rings is 3. The molecular formula is C25H27NO6S. The van der Waals surface area contributed by atoms with Crippen molar-refractivity contribution in [1.29, 1.82) is 0 Å². The Morgan fingerprint density at radius 1 is 0.909 bits per heavy atom. The third kappa shape index (κ3) is 6.34. The summed E-state index contributed by atoms with van der Waals surface area (Å²) in [7, 11) is -0.743. The molecule has 0 radical (unpaired) electrons. The van der Waals surface area contributed by atoms with E-state index in [2.05, 4.69) is 5.32 Å². The average molecular weight is 470 g/mol. The highest BCUT2D eigenvalue weighted by molar-refractivity contribution is 7.87. The first-order valence-electron chi connectivity index (χ1n) is 10.3. The molecule has 0 saturated carbocycles. The zero-order valence-corrected chi connectivity index (χ0v) is 19.6. The predicted molar refractivity (Wildman–Crippen MR) is 125 cm³/mol. The number of aryl methyl sites for hydroxylation is 1. The van der Waals surface area contributed by atoms with E-state index in [1.165, 1.54) is 12.1 Å². The number of methoxy groups -OCH3 is 2. The molecular weight excluding hydrogens is 442 g/mol. The Kier molecular flexibility index (Phi) is 8.08. The summed E-state index contributed by atoms with van der Waals surface area (Å²) in [5.41, 5.74) is 2.64. The minimum absolute atomic E-state index is 0.0844. The van der Waals surface area contributed by atoms with E-state index in [9.17, 15) is 13.2 Å². The smallest absolute Gasteiger partial charge is 0.339 e. The summed E-state index contributed by atoms with van der Waals surface area (Å²) in [6.45, 7) is 2.79. The van der Waals surface area contributed by atoms with Crippen LogP contribution in [0.4, 0.5) is 0 Å². The number of aldehydes is 1. The summed E-state index contributed by atoms with van der Waals surface area (Å²) in [5.74, 6) is 1.17. The van der Waals surface area contributed by atoms with Gasteiger partial charge in [0.05, 0.1) is 20.1 Å². The normalized spacial score (nSPS) is 12.1. The molecule has 0 saturated heterocycles. The van der Waals surface area contributed by atoms with Crippen LogP contribution in [0.15, 0.2) is 71.6 Å². The van der Waals surface area contributed by atoms with Crippen LogP contribution in [0.2, 0.25) is 0 Å². The van der Waals surface area contributed by atoms with E-state index in [4.69, 9.17) is 13.7 Å². The summed E-state index contributed by atoms with van der Waals surface area (Å²) in [6.07, 6.45) is 0.858. The molecule has 1 N–H and O–H groups in total. The number of carbonyl (C=O) groups excluding carboxylic acids is 1. The zero-order chi connectivity index (χ0) is 23.8. The third-order valence-electron chi connectivity index (χ3n) is 5.16. The maximum atomic E-state index is 12.5. The van der Waals surface area contributed by atoms with Gasteiger partial charge < -0.3 is 23.8 Å². The summed E-state index contributed by atoms with van der Waals surface area (Å²) in [6, 6.07) is 18.5. The molecule has 0 aliphatic heterocycles. The molecule has 3 aromatic rings. The molecule has 8 heteroatoms. The highest BCUT2D eigenvalue weighted by atomic mass is 32.2. The van der Waals surface area contributed by atoms with Crippen LogP contribution in [0.25, 0.3) is 0 Å². The Morgan fingerprint density at radius 3 is 2.18 bits per heavy atom. The lowest BCUT2D eigenvalue weighted by Gasteiger charge is -2.15. The number of nitrogens with one attached hydrogen (secondary N) is 1. The van der Waals surface area contributed by atoms with Crippen molar-refractivity contribution in [2.24, 2.45) is 0 Å². The Labute approximate surface area is 194 Å². The molecule has 0 bridgehead atoms. The fourth-order valence-electron chi connectivity index (χ4n) is 3.26. The van der Waals surface area contributed by atoms with E-state index in [0.29, 0.717) is 24.6 Å². The maximum absolute atomic E-state index is 12.5. The average Bonchev–Trinajstić information content (AvgIpc) is 2.82. The van der Waals surface area contributed by atoms with Gasteiger partial charge in [0.1, 0.15) is 28.4 Å². The summed E-state index contributed by atoms with van der Waals surface area (Å²) < 4.78 is 40.7. The summed E-state index contributed by atoms with van der Waals surface area (Å²) in [5, 5.41) is 3.26. The number of ether oxygens (including phenoxy) is 2. The molecule has 0 aliphatic rings. The molecule has 33 heavy (non-hydrogen) atoms. The monoisotopic (exact) mass is 469 g/mol.